The molecule has 1 saturated heterocycles. The summed E-state index contributed by atoms with van der Waals surface area (Å²) in [6.07, 6.45) is 4.55. The lowest BCUT2D eigenvalue weighted by atomic mass is 9.94. The molecule has 0 saturated carbocycles. The van der Waals surface area contributed by atoms with Gasteiger partial charge in [0.05, 0.1) is 17.9 Å². The van der Waals surface area contributed by atoms with E-state index in [9.17, 15) is 4.79 Å². The van der Waals surface area contributed by atoms with Crippen LogP contribution in [0.3, 0.4) is 0 Å². The van der Waals surface area contributed by atoms with Crippen molar-refractivity contribution in [2.45, 2.75) is 18.9 Å². The van der Waals surface area contributed by atoms with Gasteiger partial charge in [-0.25, -0.2) is 9.78 Å². The van der Waals surface area contributed by atoms with Crippen LogP contribution in [0.15, 0.2) is 60.9 Å². The quantitative estimate of drug-likeness (QED) is 0.396. The maximum Gasteiger partial charge on any atom is 0.320 e. The summed E-state index contributed by atoms with van der Waals surface area (Å²) in [6, 6.07) is 15.3. The summed E-state index contributed by atoms with van der Waals surface area (Å²) in [6.45, 7) is 3.44. The Hall–Kier alpha value is -3.78. The highest BCUT2D eigenvalue weighted by molar-refractivity contribution is 5.92. The van der Waals surface area contributed by atoms with Crippen molar-refractivity contribution in [3.05, 3.63) is 77.7 Å². The van der Waals surface area contributed by atoms with Crippen molar-refractivity contribution in [1.82, 2.24) is 20.6 Å². The van der Waals surface area contributed by atoms with Crippen LogP contribution in [0.5, 0.6) is 0 Å². The van der Waals surface area contributed by atoms with Crippen molar-refractivity contribution in [2.24, 2.45) is 0 Å². The Balaban J connectivity index is 1.42. The highest BCUT2D eigenvalue weighted by atomic mass is 16.2. The summed E-state index contributed by atoms with van der Waals surface area (Å²) in [5.41, 5.74) is 4.24. The number of nitrogens with one attached hydrogen (secondary N) is 5. The standard InChI is InChI=1S/C23H25N7O/c1-15-9-18(7-8-26-15)28-20-14-27-22(10-17(20)11-24)30-23(31)29-21-13-25-12-19(21)16-5-3-2-4-6-16/h2-11,14,19,21,24-25H,12-13H2,1H3,(H,26,28)(H2,27,29,30,31). The summed E-state index contributed by atoms with van der Waals surface area (Å²) >= 11 is 0. The predicted octanol–water partition coefficient (Wildman–Crippen LogP) is 3.40. The van der Waals surface area contributed by atoms with Gasteiger partial charge in [-0.2, -0.15) is 0 Å². The Morgan fingerprint density at radius 3 is 2.77 bits per heavy atom. The Labute approximate surface area is 181 Å². The lowest BCUT2D eigenvalue weighted by molar-refractivity contribution is 0.248. The van der Waals surface area contributed by atoms with Gasteiger partial charge in [0.1, 0.15) is 5.82 Å². The third-order valence-electron chi connectivity index (χ3n) is 5.27. The first-order chi connectivity index (χ1) is 15.1. The van der Waals surface area contributed by atoms with Crippen molar-refractivity contribution < 1.29 is 4.79 Å². The number of hydrogen-bond donors (Lipinski definition) is 5. The van der Waals surface area contributed by atoms with Crippen LogP contribution in [0, 0.1) is 12.3 Å². The molecule has 0 radical (unpaired) electrons. The number of anilines is 3. The zero-order valence-corrected chi connectivity index (χ0v) is 17.2. The van der Waals surface area contributed by atoms with Crippen molar-refractivity contribution in [1.29, 1.82) is 5.41 Å². The molecule has 0 bridgehead atoms. The molecule has 1 aromatic carbocycles. The number of nitrogens with zero attached hydrogens (tertiary/aromatic N) is 2. The largest absolute Gasteiger partial charge is 0.354 e. The number of aryl methyl sites for hydroxylation is 1. The molecule has 4 rings (SSSR count). The van der Waals surface area contributed by atoms with Gasteiger partial charge in [-0.1, -0.05) is 30.3 Å². The van der Waals surface area contributed by atoms with E-state index in [1.165, 1.54) is 11.8 Å². The first-order valence-electron chi connectivity index (χ1n) is 10.2. The Bertz CT molecular complexity index is 1070. The predicted molar refractivity (Wildman–Crippen MR) is 122 cm³/mol. The molecule has 3 aromatic rings. The zero-order valence-electron chi connectivity index (χ0n) is 17.2. The maximum absolute atomic E-state index is 12.6. The van der Waals surface area contributed by atoms with Crippen molar-refractivity contribution >= 4 is 29.4 Å². The maximum atomic E-state index is 12.6. The first kappa shape index (κ1) is 20.5. The minimum Gasteiger partial charge on any atom is -0.354 e. The van der Waals surface area contributed by atoms with Gasteiger partial charge >= 0.3 is 6.03 Å². The number of rotatable bonds is 6. The van der Waals surface area contributed by atoms with Crippen LogP contribution >= 0.6 is 0 Å². The molecule has 8 nitrogen and oxygen atoms in total. The molecular weight excluding hydrogens is 390 g/mol. The second-order valence-electron chi connectivity index (χ2n) is 7.49. The molecule has 0 spiro atoms. The van der Waals surface area contributed by atoms with E-state index in [2.05, 4.69) is 43.4 Å². The van der Waals surface area contributed by atoms with Gasteiger partial charge in [0, 0.05) is 48.4 Å². The van der Waals surface area contributed by atoms with Crippen LogP contribution in [-0.4, -0.2) is 41.3 Å². The van der Waals surface area contributed by atoms with E-state index in [1.54, 1.807) is 18.5 Å². The number of benzene rings is 1. The van der Waals surface area contributed by atoms with E-state index in [-0.39, 0.29) is 18.0 Å². The van der Waals surface area contributed by atoms with E-state index in [0.717, 1.165) is 17.9 Å². The Morgan fingerprint density at radius 2 is 2.00 bits per heavy atom. The molecule has 2 atom stereocenters. The molecule has 0 aliphatic carbocycles. The molecule has 1 aliphatic rings. The molecule has 8 heteroatoms. The molecule has 3 heterocycles. The zero-order chi connectivity index (χ0) is 21.6. The normalized spacial score (nSPS) is 17.7. The van der Waals surface area contributed by atoms with E-state index < -0.39 is 0 Å². The van der Waals surface area contributed by atoms with E-state index in [0.29, 0.717) is 23.6 Å². The molecule has 2 aromatic heterocycles. The number of hydrogen-bond acceptors (Lipinski definition) is 6. The van der Waals surface area contributed by atoms with Gasteiger partial charge in [-0.3, -0.25) is 10.3 Å². The number of carbonyl (C=O) groups is 1. The minimum atomic E-state index is -0.316. The molecule has 31 heavy (non-hydrogen) atoms. The fraction of sp³-hybridized carbons (Fsp3) is 0.217. The number of aromatic nitrogens is 2. The molecule has 1 fully saturated rings. The third kappa shape index (κ3) is 5.04. The van der Waals surface area contributed by atoms with Crippen molar-refractivity contribution in [3.8, 4) is 0 Å². The van der Waals surface area contributed by atoms with E-state index in [4.69, 9.17) is 5.41 Å². The molecule has 2 unspecified atom stereocenters. The first-order valence-corrected chi connectivity index (χ1v) is 10.2. The smallest absolute Gasteiger partial charge is 0.320 e. The molecule has 1 aliphatic heterocycles. The topological polar surface area (TPSA) is 115 Å². The van der Waals surface area contributed by atoms with Gasteiger partial charge in [0.15, 0.2) is 0 Å². The minimum absolute atomic E-state index is 0.0134. The summed E-state index contributed by atoms with van der Waals surface area (Å²) in [5.74, 6) is 0.599. The van der Waals surface area contributed by atoms with Gasteiger partial charge in [-0.15, -0.1) is 0 Å². The summed E-state index contributed by atoms with van der Waals surface area (Å²) in [7, 11) is 0. The highest BCUT2D eigenvalue weighted by Gasteiger charge is 2.29. The van der Waals surface area contributed by atoms with Crippen LogP contribution in [0.4, 0.5) is 22.0 Å². The fourth-order valence-corrected chi connectivity index (χ4v) is 3.74. The third-order valence-corrected chi connectivity index (χ3v) is 5.27. The van der Waals surface area contributed by atoms with Crippen LogP contribution < -0.4 is 21.3 Å². The molecular formula is C23H25N7O. The average molecular weight is 416 g/mol. The SMILES string of the molecule is Cc1cc(Nc2cnc(NC(=O)NC3CNCC3c3ccccc3)cc2C=N)ccn1. The van der Waals surface area contributed by atoms with Crippen LogP contribution in [0.25, 0.3) is 0 Å². The van der Waals surface area contributed by atoms with Crippen LogP contribution in [0.1, 0.15) is 22.7 Å². The van der Waals surface area contributed by atoms with Gasteiger partial charge < -0.3 is 21.4 Å². The van der Waals surface area contributed by atoms with Gasteiger partial charge in [0.25, 0.3) is 0 Å². The second kappa shape index (κ2) is 9.36. The highest BCUT2D eigenvalue weighted by Crippen LogP contribution is 2.24. The van der Waals surface area contributed by atoms with Crippen LogP contribution in [-0.2, 0) is 0 Å². The van der Waals surface area contributed by atoms with E-state index >= 15 is 0 Å². The van der Waals surface area contributed by atoms with Gasteiger partial charge in [0.2, 0.25) is 0 Å². The molecule has 5 N–H and O–H groups in total. The van der Waals surface area contributed by atoms with Gasteiger partial charge in [-0.05, 0) is 30.7 Å². The van der Waals surface area contributed by atoms with Crippen molar-refractivity contribution in [2.75, 3.05) is 23.7 Å². The number of amides is 2. The molecule has 2 amide bonds. The number of urea groups is 1. The van der Waals surface area contributed by atoms with Crippen LogP contribution in [0.2, 0.25) is 0 Å². The number of carbonyl (C=O) groups excluding carboxylic acids is 1. The summed E-state index contributed by atoms with van der Waals surface area (Å²) < 4.78 is 0. The lowest BCUT2D eigenvalue weighted by Crippen LogP contribution is -2.42. The van der Waals surface area contributed by atoms with E-state index in [1.807, 2.05) is 37.3 Å². The Morgan fingerprint density at radius 1 is 1.16 bits per heavy atom. The number of pyridine rings is 2. The summed E-state index contributed by atoms with van der Waals surface area (Å²) in [4.78, 5) is 21.1. The Kier molecular flexibility index (Phi) is 6.18. The molecule has 158 valence electrons. The average Bonchev–Trinajstić information content (AvgIpc) is 3.23. The summed E-state index contributed by atoms with van der Waals surface area (Å²) in [5, 5.41) is 20.1. The second-order valence-corrected chi connectivity index (χ2v) is 7.49. The van der Waals surface area contributed by atoms with Crippen molar-refractivity contribution in [3.63, 3.8) is 0 Å². The fourth-order valence-electron chi connectivity index (χ4n) is 3.74. The lowest BCUT2D eigenvalue weighted by Gasteiger charge is -2.20. The monoisotopic (exact) mass is 415 g/mol.